The summed E-state index contributed by atoms with van der Waals surface area (Å²) in [5.41, 5.74) is 6.70. The number of non-ortho nitro benzene ring substituents is 1. The minimum atomic E-state index is -0.677. The van der Waals surface area contributed by atoms with Crippen LogP contribution >= 0.6 is 12.2 Å². The van der Waals surface area contributed by atoms with Gasteiger partial charge in [-0.3, -0.25) is 40.7 Å². The Labute approximate surface area is 199 Å². The Morgan fingerprint density at radius 1 is 0.824 bits per heavy atom. The van der Waals surface area contributed by atoms with Gasteiger partial charge in [-0.1, -0.05) is 24.3 Å². The molecule has 34 heavy (non-hydrogen) atoms. The van der Waals surface area contributed by atoms with Gasteiger partial charge in [0, 0.05) is 34.5 Å². The maximum Gasteiger partial charge on any atom is 0.270 e. The van der Waals surface area contributed by atoms with E-state index in [9.17, 15) is 24.5 Å². The number of nitro benzene ring substituents is 1. The second-order valence-corrected chi connectivity index (χ2v) is 7.42. The van der Waals surface area contributed by atoms with Gasteiger partial charge in [0.05, 0.1) is 4.92 Å². The van der Waals surface area contributed by atoms with E-state index in [1.807, 2.05) is 19.1 Å². The molecule has 0 aromatic heterocycles. The molecule has 0 aliphatic rings. The van der Waals surface area contributed by atoms with E-state index >= 15 is 0 Å². The van der Waals surface area contributed by atoms with Gasteiger partial charge in [0.1, 0.15) is 0 Å². The molecule has 0 heterocycles. The smallest absolute Gasteiger partial charge is 0.270 e. The van der Waals surface area contributed by atoms with Gasteiger partial charge in [0.25, 0.3) is 23.4 Å². The Bertz CT molecular complexity index is 1280. The average Bonchev–Trinajstić information content (AvgIpc) is 2.83. The minimum Gasteiger partial charge on any atom is -0.322 e. The van der Waals surface area contributed by atoms with Crippen molar-refractivity contribution in [2.24, 2.45) is 0 Å². The number of rotatable bonds is 5. The Kier molecular flexibility index (Phi) is 7.62. The van der Waals surface area contributed by atoms with E-state index in [2.05, 4.69) is 21.5 Å². The first-order valence-electron chi connectivity index (χ1n) is 9.88. The molecule has 3 rings (SSSR count). The standard InChI is InChI=1S/C23H19N5O5S/c1-14-5-2-3-8-19(14)22(31)24-17-11-9-15(10-12-17)21(30)26-27-23(34)25-20(29)16-6-4-7-18(13-16)28(32)33/h2-13H,1H3,(H,24,31)(H,26,30)(H2,25,27,29,34). The van der Waals surface area contributed by atoms with E-state index in [1.54, 1.807) is 24.3 Å². The van der Waals surface area contributed by atoms with Crippen LogP contribution in [0.2, 0.25) is 0 Å². The zero-order valence-corrected chi connectivity index (χ0v) is 18.6. The molecule has 0 fully saturated rings. The summed E-state index contributed by atoms with van der Waals surface area (Å²) in [4.78, 5) is 47.1. The molecule has 0 saturated heterocycles. The molecule has 3 aromatic rings. The third kappa shape index (κ3) is 6.20. The van der Waals surface area contributed by atoms with E-state index in [0.29, 0.717) is 11.3 Å². The molecule has 0 unspecified atom stereocenters. The molecule has 0 saturated carbocycles. The lowest BCUT2D eigenvalue weighted by Gasteiger charge is -2.11. The molecular weight excluding hydrogens is 458 g/mol. The highest BCUT2D eigenvalue weighted by Gasteiger charge is 2.14. The lowest BCUT2D eigenvalue weighted by molar-refractivity contribution is -0.384. The van der Waals surface area contributed by atoms with Crippen molar-refractivity contribution in [2.45, 2.75) is 6.92 Å². The van der Waals surface area contributed by atoms with Crippen LogP contribution in [0, 0.1) is 17.0 Å². The van der Waals surface area contributed by atoms with Crippen molar-refractivity contribution in [1.82, 2.24) is 16.2 Å². The van der Waals surface area contributed by atoms with Gasteiger partial charge in [-0.2, -0.15) is 0 Å². The number of aryl methyl sites for hydroxylation is 1. The van der Waals surface area contributed by atoms with Gasteiger partial charge in [-0.05, 0) is 61.1 Å². The quantitative estimate of drug-likeness (QED) is 0.251. The highest BCUT2D eigenvalue weighted by atomic mass is 32.1. The summed E-state index contributed by atoms with van der Waals surface area (Å²) in [7, 11) is 0. The van der Waals surface area contributed by atoms with Crippen molar-refractivity contribution >= 4 is 46.4 Å². The lowest BCUT2D eigenvalue weighted by atomic mass is 10.1. The zero-order valence-electron chi connectivity index (χ0n) is 17.8. The molecule has 3 amide bonds. The summed E-state index contributed by atoms with van der Waals surface area (Å²) in [6.07, 6.45) is 0. The van der Waals surface area contributed by atoms with Gasteiger partial charge >= 0.3 is 0 Å². The van der Waals surface area contributed by atoms with Crippen molar-refractivity contribution in [2.75, 3.05) is 5.32 Å². The van der Waals surface area contributed by atoms with Crippen LogP contribution in [0.5, 0.6) is 0 Å². The number of hydrogen-bond donors (Lipinski definition) is 4. The fourth-order valence-corrected chi connectivity index (χ4v) is 3.03. The van der Waals surface area contributed by atoms with Gasteiger partial charge in [0.15, 0.2) is 5.11 Å². The minimum absolute atomic E-state index is 0.0352. The van der Waals surface area contributed by atoms with E-state index in [0.717, 1.165) is 11.6 Å². The number of anilines is 1. The van der Waals surface area contributed by atoms with Gasteiger partial charge < -0.3 is 5.32 Å². The van der Waals surface area contributed by atoms with Gasteiger partial charge in [-0.15, -0.1) is 0 Å². The predicted molar refractivity (Wildman–Crippen MR) is 129 cm³/mol. The monoisotopic (exact) mass is 477 g/mol. The van der Waals surface area contributed by atoms with Crippen molar-refractivity contribution < 1.29 is 19.3 Å². The topological polar surface area (TPSA) is 142 Å². The summed E-state index contributed by atoms with van der Waals surface area (Å²) in [6, 6.07) is 18.5. The Hall–Kier alpha value is -4.64. The third-order valence-corrected chi connectivity index (χ3v) is 4.83. The molecule has 11 heteroatoms. The fourth-order valence-electron chi connectivity index (χ4n) is 2.88. The summed E-state index contributed by atoms with van der Waals surface area (Å²) >= 11 is 4.97. The van der Waals surface area contributed by atoms with Crippen LogP contribution in [0.4, 0.5) is 11.4 Å². The molecule has 3 aromatic carbocycles. The molecule has 0 aliphatic heterocycles. The summed E-state index contributed by atoms with van der Waals surface area (Å²) < 4.78 is 0. The number of benzene rings is 3. The van der Waals surface area contributed by atoms with Crippen molar-refractivity contribution in [3.05, 3.63) is 105 Å². The molecule has 0 radical (unpaired) electrons. The van der Waals surface area contributed by atoms with Crippen LogP contribution in [0.25, 0.3) is 0 Å². The number of hydrogen-bond acceptors (Lipinski definition) is 6. The molecule has 10 nitrogen and oxygen atoms in total. The molecule has 172 valence electrons. The fraction of sp³-hybridized carbons (Fsp3) is 0.0435. The molecule has 4 N–H and O–H groups in total. The zero-order chi connectivity index (χ0) is 24.7. The van der Waals surface area contributed by atoms with Crippen LogP contribution in [0.3, 0.4) is 0 Å². The summed E-state index contributed by atoms with van der Waals surface area (Å²) in [6.45, 7) is 1.84. The van der Waals surface area contributed by atoms with E-state index in [1.165, 1.54) is 30.3 Å². The van der Waals surface area contributed by atoms with E-state index < -0.39 is 16.7 Å². The number of carbonyl (C=O) groups excluding carboxylic acids is 3. The van der Waals surface area contributed by atoms with Gasteiger partial charge in [0.2, 0.25) is 0 Å². The Morgan fingerprint density at radius 3 is 2.21 bits per heavy atom. The molecule has 0 bridgehead atoms. The SMILES string of the molecule is Cc1ccccc1C(=O)Nc1ccc(C(=O)NNC(=S)NC(=O)c2cccc([N+](=O)[O-])c2)cc1. The van der Waals surface area contributed by atoms with Crippen LogP contribution in [0.15, 0.2) is 72.8 Å². The Morgan fingerprint density at radius 2 is 1.53 bits per heavy atom. The summed E-state index contributed by atoms with van der Waals surface area (Å²) in [5.74, 6) is -1.48. The van der Waals surface area contributed by atoms with Gasteiger partial charge in [-0.25, -0.2) is 0 Å². The van der Waals surface area contributed by atoms with Crippen LogP contribution in [0.1, 0.15) is 36.6 Å². The summed E-state index contributed by atoms with van der Waals surface area (Å²) in [5, 5.41) is 15.7. The van der Waals surface area contributed by atoms with E-state index in [4.69, 9.17) is 12.2 Å². The normalized spacial score (nSPS) is 10.0. The molecule has 0 aliphatic carbocycles. The van der Waals surface area contributed by atoms with Crippen molar-refractivity contribution in [3.8, 4) is 0 Å². The number of hydrazine groups is 1. The second kappa shape index (κ2) is 10.8. The number of carbonyl (C=O) groups is 3. The van der Waals surface area contributed by atoms with Crippen LogP contribution in [-0.4, -0.2) is 27.8 Å². The highest BCUT2D eigenvalue weighted by molar-refractivity contribution is 7.80. The molecule has 0 atom stereocenters. The van der Waals surface area contributed by atoms with E-state index in [-0.39, 0.29) is 27.8 Å². The first-order valence-corrected chi connectivity index (χ1v) is 10.3. The number of thiocarbonyl (C=S) groups is 1. The van der Waals surface area contributed by atoms with Crippen LogP contribution < -0.4 is 21.5 Å². The number of nitrogens with one attached hydrogen (secondary N) is 4. The van der Waals surface area contributed by atoms with Crippen molar-refractivity contribution in [3.63, 3.8) is 0 Å². The maximum absolute atomic E-state index is 12.4. The molecule has 0 spiro atoms. The number of amides is 3. The van der Waals surface area contributed by atoms with Crippen LogP contribution in [-0.2, 0) is 0 Å². The molecular formula is C23H19N5O5S. The average molecular weight is 478 g/mol. The maximum atomic E-state index is 12.4. The largest absolute Gasteiger partial charge is 0.322 e. The predicted octanol–water partition coefficient (Wildman–Crippen LogP) is 3.10. The number of nitrogens with zero attached hydrogens (tertiary/aromatic N) is 1. The number of nitro groups is 1. The Balaban J connectivity index is 1.51. The van der Waals surface area contributed by atoms with Crippen molar-refractivity contribution in [1.29, 1.82) is 0 Å². The third-order valence-electron chi connectivity index (χ3n) is 4.63. The first kappa shape index (κ1) is 24.0. The first-order chi connectivity index (χ1) is 16.2. The lowest BCUT2D eigenvalue weighted by Crippen LogP contribution is -2.48. The highest BCUT2D eigenvalue weighted by Crippen LogP contribution is 2.14. The second-order valence-electron chi connectivity index (χ2n) is 7.02.